The third kappa shape index (κ3) is 3.83. The van der Waals surface area contributed by atoms with Crippen LogP contribution in [0, 0.1) is 17.7 Å². The molecule has 2 atom stereocenters. The van der Waals surface area contributed by atoms with Crippen LogP contribution < -0.4 is 10.1 Å². The lowest BCUT2D eigenvalue weighted by molar-refractivity contribution is 0.114. The van der Waals surface area contributed by atoms with Gasteiger partial charge in [0.05, 0.1) is 5.02 Å². The molecule has 1 N–H and O–H groups in total. The summed E-state index contributed by atoms with van der Waals surface area (Å²) in [5.74, 6) is 0.753. The van der Waals surface area contributed by atoms with Crippen molar-refractivity contribution in [1.29, 1.82) is 0 Å². The van der Waals surface area contributed by atoms with E-state index in [0.717, 1.165) is 25.9 Å². The van der Waals surface area contributed by atoms with Gasteiger partial charge >= 0.3 is 0 Å². The molecule has 1 aromatic carbocycles. The fourth-order valence-corrected chi connectivity index (χ4v) is 2.75. The predicted octanol–water partition coefficient (Wildman–Crippen LogP) is 3.88. The smallest absolute Gasteiger partial charge is 0.173 e. The Morgan fingerprint density at radius 1 is 1.47 bits per heavy atom. The first-order chi connectivity index (χ1) is 9.08. The summed E-state index contributed by atoms with van der Waals surface area (Å²) in [6, 6.07) is 4.65. The van der Waals surface area contributed by atoms with E-state index in [4.69, 9.17) is 16.3 Å². The summed E-state index contributed by atoms with van der Waals surface area (Å²) in [5, 5.41) is 3.68. The van der Waals surface area contributed by atoms with Gasteiger partial charge in [-0.1, -0.05) is 31.5 Å². The molecule has 0 radical (unpaired) electrons. The molecule has 4 heteroatoms. The zero-order valence-electron chi connectivity index (χ0n) is 11.5. The zero-order valence-corrected chi connectivity index (χ0v) is 12.2. The fraction of sp³-hybridized carbons (Fsp3) is 0.600. The number of para-hydroxylation sites is 1. The number of halogens is 2. The molecule has 0 aromatic heterocycles. The number of nitrogens with one attached hydrogen (secondary N) is 1. The van der Waals surface area contributed by atoms with E-state index >= 15 is 0 Å². The summed E-state index contributed by atoms with van der Waals surface area (Å²) in [4.78, 5) is 0. The van der Waals surface area contributed by atoms with Gasteiger partial charge in [0.25, 0.3) is 0 Å². The van der Waals surface area contributed by atoms with Crippen molar-refractivity contribution in [2.45, 2.75) is 32.8 Å². The molecule has 0 saturated carbocycles. The van der Waals surface area contributed by atoms with Gasteiger partial charge in [0.1, 0.15) is 6.10 Å². The van der Waals surface area contributed by atoms with Crippen molar-refractivity contribution in [1.82, 2.24) is 5.32 Å². The van der Waals surface area contributed by atoms with Crippen molar-refractivity contribution < 1.29 is 9.13 Å². The number of ether oxygens (including phenoxy) is 1. The number of hydrogen-bond acceptors (Lipinski definition) is 2. The van der Waals surface area contributed by atoms with Gasteiger partial charge in [-0.05, 0) is 37.4 Å². The van der Waals surface area contributed by atoms with E-state index in [-0.39, 0.29) is 17.7 Å². The van der Waals surface area contributed by atoms with Gasteiger partial charge in [-0.2, -0.15) is 0 Å². The van der Waals surface area contributed by atoms with Crippen molar-refractivity contribution in [2.75, 3.05) is 13.1 Å². The van der Waals surface area contributed by atoms with E-state index < -0.39 is 0 Å². The Morgan fingerprint density at radius 2 is 2.26 bits per heavy atom. The highest BCUT2D eigenvalue weighted by Gasteiger charge is 2.28. The quantitative estimate of drug-likeness (QED) is 0.886. The maximum absolute atomic E-state index is 13.8. The number of hydrogen-bond donors (Lipinski definition) is 1. The molecule has 1 aliphatic rings. The summed E-state index contributed by atoms with van der Waals surface area (Å²) in [5.41, 5.74) is 0. The Bertz CT molecular complexity index is 398. The molecule has 0 bridgehead atoms. The first-order valence-electron chi connectivity index (χ1n) is 6.89. The average molecular weight is 286 g/mol. The summed E-state index contributed by atoms with van der Waals surface area (Å²) < 4.78 is 19.7. The number of rotatable bonds is 5. The molecule has 19 heavy (non-hydrogen) atoms. The van der Waals surface area contributed by atoms with E-state index in [2.05, 4.69) is 19.2 Å². The molecule has 2 rings (SSSR count). The van der Waals surface area contributed by atoms with Gasteiger partial charge in [0.2, 0.25) is 0 Å². The van der Waals surface area contributed by atoms with Crippen LogP contribution in [0.3, 0.4) is 0 Å². The van der Waals surface area contributed by atoms with Crippen molar-refractivity contribution >= 4 is 11.6 Å². The van der Waals surface area contributed by atoms with Crippen LogP contribution in [0.25, 0.3) is 0 Å². The average Bonchev–Trinajstić information content (AvgIpc) is 2.85. The second-order valence-corrected chi connectivity index (χ2v) is 6.00. The highest BCUT2D eigenvalue weighted by atomic mass is 35.5. The molecule has 2 nitrogen and oxygen atoms in total. The molecule has 0 spiro atoms. The van der Waals surface area contributed by atoms with E-state index in [9.17, 15) is 4.39 Å². The molecule has 1 saturated heterocycles. The molecule has 0 unspecified atom stereocenters. The first kappa shape index (κ1) is 14.6. The van der Waals surface area contributed by atoms with E-state index in [0.29, 0.717) is 16.9 Å². The topological polar surface area (TPSA) is 21.3 Å². The SMILES string of the molecule is CC(C)C[C@H](Oc1c(F)cccc1Cl)[C@H]1CCNC1. The lowest BCUT2D eigenvalue weighted by Gasteiger charge is -2.26. The molecular weight excluding hydrogens is 265 g/mol. The maximum Gasteiger partial charge on any atom is 0.173 e. The Labute approximate surface area is 119 Å². The van der Waals surface area contributed by atoms with Gasteiger partial charge in [0, 0.05) is 12.5 Å². The highest BCUT2D eigenvalue weighted by molar-refractivity contribution is 6.32. The first-order valence-corrected chi connectivity index (χ1v) is 7.27. The van der Waals surface area contributed by atoms with Crippen LogP contribution in [0.2, 0.25) is 5.02 Å². The third-order valence-electron chi connectivity index (χ3n) is 3.52. The lowest BCUT2D eigenvalue weighted by atomic mass is 9.93. The zero-order chi connectivity index (χ0) is 13.8. The normalized spacial score (nSPS) is 20.8. The van der Waals surface area contributed by atoms with Crippen molar-refractivity contribution in [2.24, 2.45) is 11.8 Å². The Kier molecular flexibility index (Phi) is 5.06. The van der Waals surface area contributed by atoms with E-state index in [1.54, 1.807) is 12.1 Å². The van der Waals surface area contributed by atoms with Gasteiger partial charge in [-0.25, -0.2) is 4.39 Å². The molecule has 1 aliphatic heterocycles. The van der Waals surface area contributed by atoms with Crippen LogP contribution in [-0.4, -0.2) is 19.2 Å². The Hall–Kier alpha value is -0.800. The minimum absolute atomic E-state index is 0.0180. The van der Waals surface area contributed by atoms with Crippen LogP contribution in [0.5, 0.6) is 5.75 Å². The second kappa shape index (κ2) is 6.58. The molecular formula is C15H21ClFNO. The maximum atomic E-state index is 13.8. The van der Waals surface area contributed by atoms with Crippen LogP contribution >= 0.6 is 11.6 Å². The fourth-order valence-electron chi connectivity index (χ4n) is 2.54. The Balaban J connectivity index is 2.14. The molecule has 106 valence electrons. The molecule has 0 amide bonds. The summed E-state index contributed by atoms with van der Waals surface area (Å²) >= 11 is 6.04. The standard InChI is InChI=1S/C15H21ClFNO/c1-10(2)8-14(11-6-7-18-9-11)19-15-12(16)4-3-5-13(15)17/h3-5,10-11,14,18H,6-9H2,1-2H3/t11-,14-/m0/s1. The lowest BCUT2D eigenvalue weighted by Crippen LogP contribution is -2.30. The minimum atomic E-state index is -0.382. The van der Waals surface area contributed by atoms with Crippen LogP contribution in [0.15, 0.2) is 18.2 Å². The Morgan fingerprint density at radius 3 is 2.84 bits per heavy atom. The van der Waals surface area contributed by atoms with Gasteiger partial charge in [-0.15, -0.1) is 0 Å². The van der Waals surface area contributed by atoms with Crippen LogP contribution in [0.1, 0.15) is 26.7 Å². The largest absolute Gasteiger partial charge is 0.485 e. The van der Waals surface area contributed by atoms with Crippen LogP contribution in [0.4, 0.5) is 4.39 Å². The van der Waals surface area contributed by atoms with Gasteiger partial charge < -0.3 is 10.1 Å². The van der Waals surface area contributed by atoms with Crippen molar-refractivity contribution in [3.8, 4) is 5.75 Å². The number of benzene rings is 1. The van der Waals surface area contributed by atoms with E-state index in [1.807, 2.05) is 0 Å². The molecule has 1 aromatic rings. The minimum Gasteiger partial charge on any atom is -0.485 e. The van der Waals surface area contributed by atoms with Gasteiger partial charge in [0.15, 0.2) is 11.6 Å². The van der Waals surface area contributed by atoms with Crippen molar-refractivity contribution in [3.05, 3.63) is 29.0 Å². The van der Waals surface area contributed by atoms with Crippen molar-refractivity contribution in [3.63, 3.8) is 0 Å². The third-order valence-corrected chi connectivity index (χ3v) is 3.81. The molecule has 1 fully saturated rings. The molecule has 1 heterocycles. The van der Waals surface area contributed by atoms with Gasteiger partial charge in [-0.3, -0.25) is 0 Å². The summed E-state index contributed by atoms with van der Waals surface area (Å²) in [6.07, 6.45) is 2.00. The second-order valence-electron chi connectivity index (χ2n) is 5.59. The summed E-state index contributed by atoms with van der Waals surface area (Å²) in [7, 11) is 0. The highest BCUT2D eigenvalue weighted by Crippen LogP contribution is 2.32. The molecule has 0 aliphatic carbocycles. The van der Waals surface area contributed by atoms with Crippen LogP contribution in [-0.2, 0) is 0 Å². The monoisotopic (exact) mass is 285 g/mol. The predicted molar refractivity (Wildman–Crippen MR) is 76.3 cm³/mol. The van der Waals surface area contributed by atoms with E-state index in [1.165, 1.54) is 6.07 Å². The summed E-state index contributed by atoms with van der Waals surface area (Å²) in [6.45, 7) is 6.25.